The molecule has 0 aromatic heterocycles. The van der Waals surface area contributed by atoms with Gasteiger partial charge >= 0.3 is 0 Å². The van der Waals surface area contributed by atoms with Gasteiger partial charge in [-0.15, -0.1) is 12.4 Å². The van der Waals surface area contributed by atoms with E-state index in [1.165, 1.54) is 11.1 Å². The predicted molar refractivity (Wildman–Crippen MR) is 106 cm³/mol. The summed E-state index contributed by atoms with van der Waals surface area (Å²) < 4.78 is 5.26. The first-order chi connectivity index (χ1) is 11.6. The summed E-state index contributed by atoms with van der Waals surface area (Å²) >= 11 is 0. The SMILES string of the molecule is CCOC(=N)c1ccc([C@H](CC)[C@H](CC)c2ccc(O)cc2)cc1.Cl. The second-order valence-corrected chi connectivity index (χ2v) is 6.01. The molecule has 2 N–H and O–H groups in total. The van der Waals surface area contributed by atoms with E-state index in [0.717, 1.165) is 18.4 Å². The van der Waals surface area contributed by atoms with E-state index in [4.69, 9.17) is 10.1 Å². The number of phenolic OH excluding ortho intramolecular Hbond substituents is 1. The number of hydrogen-bond acceptors (Lipinski definition) is 3. The van der Waals surface area contributed by atoms with Gasteiger partial charge in [-0.2, -0.15) is 0 Å². The average molecular weight is 362 g/mol. The number of aromatic hydroxyl groups is 1. The second kappa shape index (κ2) is 10.1. The third-order valence-electron chi connectivity index (χ3n) is 4.58. The molecule has 2 rings (SSSR count). The largest absolute Gasteiger partial charge is 0.508 e. The number of ether oxygens (including phenoxy) is 1. The molecule has 0 aliphatic carbocycles. The fourth-order valence-electron chi connectivity index (χ4n) is 3.34. The van der Waals surface area contributed by atoms with Gasteiger partial charge in [0.25, 0.3) is 0 Å². The van der Waals surface area contributed by atoms with Gasteiger partial charge < -0.3 is 9.84 Å². The van der Waals surface area contributed by atoms with Crippen LogP contribution in [0.1, 0.15) is 62.1 Å². The lowest BCUT2D eigenvalue weighted by Crippen LogP contribution is -2.11. The Balaban J connectivity index is 0.00000312. The van der Waals surface area contributed by atoms with Crippen molar-refractivity contribution in [3.8, 4) is 5.75 Å². The molecule has 0 saturated heterocycles. The molecule has 0 radical (unpaired) electrons. The number of halogens is 1. The van der Waals surface area contributed by atoms with Gasteiger partial charge in [-0.25, -0.2) is 0 Å². The summed E-state index contributed by atoms with van der Waals surface area (Å²) in [5.41, 5.74) is 3.35. The molecule has 0 saturated carbocycles. The van der Waals surface area contributed by atoms with Crippen LogP contribution in [-0.2, 0) is 4.74 Å². The van der Waals surface area contributed by atoms with Crippen LogP contribution >= 0.6 is 12.4 Å². The predicted octanol–water partition coefficient (Wildman–Crippen LogP) is 5.86. The lowest BCUT2D eigenvalue weighted by molar-refractivity contribution is 0.325. The van der Waals surface area contributed by atoms with Crippen LogP contribution in [0.5, 0.6) is 5.75 Å². The van der Waals surface area contributed by atoms with Crippen LogP contribution in [-0.4, -0.2) is 17.6 Å². The van der Waals surface area contributed by atoms with Gasteiger partial charge in [0.2, 0.25) is 5.90 Å². The number of hydrogen-bond donors (Lipinski definition) is 2. The number of benzene rings is 2. The highest BCUT2D eigenvalue weighted by molar-refractivity contribution is 5.91. The average Bonchev–Trinajstić information content (AvgIpc) is 2.61. The maximum atomic E-state index is 9.52. The minimum absolute atomic E-state index is 0. The number of nitrogens with one attached hydrogen (secondary N) is 1. The molecular formula is C21H28ClNO2. The van der Waals surface area contributed by atoms with Crippen molar-refractivity contribution in [2.24, 2.45) is 0 Å². The third kappa shape index (κ3) is 5.23. The highest BCUT2D eigenvalue weighted by Crippen LogP contribution is 2.38. The van der Waals surface area contributed by atoms with Gasteiger partial charge in [0, 0.05) is 5.56 Å². The third-order valence-corrected chi connectivity index (χ3v) is 4.58. The van der Waals surface area contributed by atoms with Crippen molar-refractivity contribution in [3.05, 3.63) is 65.2 Å². The summed E-state index contributed by atoms with van der Waals surface area (Å²) in [4.78, 5) is 0. The first kappa shape index (κ1) is 21.0. The molecule has 0 aliphatic rings. The van der Waals surface area contributed by atoms with Gasteiger partial charge in [0.05, 0.1) is 6.61 Å². The molecule has 0 bridgehead atoms. The van der Waals surface area contributed by atoms with E-state index in [1.54, 1.807) is 12.1 Å². The molecule has 0 amide bonds. The molecule has 0 heterocycles. The van der Waals surface area contributed by atoms with Crippen LogP contribution in [0.2, 0.25) is 0 Å². The summed E-state index contributed by atoms with van der Waals surface area (Å²) in [5.74, 6) is 1.35. The van der Waals surface area contributed by atoms with Crippen molar-refractivity contribution in [3.63, 3.8) is 0 Å². The Morgan fingerprint density at radius 2 is 1.32 bits per heavy atom. The van der Waals surface area contributed by atoms with Crippen LogP contribution in [0.25, 0.3) is 0 Å². The van der Waals surface area contributed by atoms with Gasteiger partial charge in [0.15, 0.2) is 0 Å². The number of rotatable bonds is 7. The van der Waals surface area contributed by atoms with Crippen LogP contribution in [0, 0.1) is 5.41 Å². The van der Waals surface area contributed by atoms with Crippen molar-refractivity contribution in [1.82, 2.24) is 0 Å². The lowest BCUT2D eigenvalue weighted by Gasteiger charge is -2.26. The quantitative estimate of drug-likeness (QED) is 0.479. The Bertz CT molecular complexity index is 653. The fraction of sp³-hybridized carbons (Fsp3) is 0.381. The van der Waals surface area contributed by atoms with Crippen molar-refractivity contribution < 1.29 is 9.84 Å². The standard InChI is InChI=1S/C21H27NO2.ClH/c1-4-19(20(5-2)16-11-13-18(23)14-12-16)15-7-9-17(10-8-15)21(22)24-6-3;/h7-14,19-20,22-23H,4-6H2,1-3H3;1H/t19-,20+;/m0./s1. The molecule has 25 heavy (non-hydrogen) atoms. The maximum Gasteiger partial charge on any atom is 0.213 e. The van der Waals surface area contributed by atoms with E-state index in [1.807, 2.05) is 31.2 Å². The van der Waals surface area contributed by atoms with E-state index in [-0.39, 0.29) is 18.3 Å². The van der Waals surface area contributed by atoms with E-state index in [0.29, 0.717) is 24.2 Å². The Kier molecular flexibility index (Phi) is 8.50. The molecule has 4 heteroatoms. The molecule has 0 fully saturated rings. The van der Waals surface area contributed by atoms with Crippen LogP contribution < -0.4 is 0 Å². The molecule has 0 unspecified atom stereocenters. The Labute approximate surface area is 157 Å². The monoisotopic (exact) mass is 361 g/mol. The zero-order valence-electron chi connectivity index (χ0n) is 15.2. The first-order valence-electron chi connectivity index (χ1n) is 8.71. The molecule has 3 nitrogen and oxygen atoms in total. The summed E-state index contributed by atoms with van der Waals surface area (Å²) in [6.45, 7) is 6.82. The normalized spacial score (nSPS) is 12.8. The van der Waals surface area contributed by atoms with Crippen LogP contribution in [0.4, 0.5) is 0 Å². The van der Waals surface area contributed by atoms with Gasteiger partial charge in [-0.3, -0.25) is 5.41 Å². The van der Waals surface area contributed by atoms with E-state index in [2.05, 4.69) is 26.0 Å². The summed E-state index contributed by atoms with van der Waals surface area (Å²) in [7, 11) is 0. The van der Waals surface area contributed by atoms with Gasteiger partial charge in [-0.1, -0.05) is 38.1 Å². The van der Waals surface area contributed by atoms with Crippen molar-refractivity contribution >= 4 is 18.3 Å². The molecule has 0 aliphatic heterocycles. The second-order valence-electron chi connectivity index (χ2n) is 6.01. The molecule has 0 spiro atoms. The minimum Gasteiger partial charge on any atom is -0.508 e. The minimum atomic E-state index is 0. The zero-order valence-corrected chi connectivity index (χ0v) is 16.0. The Morgan fingerprint density at radius 1 is 0.880 bits per heavy atom. The Morgan fingerprint density at radius 3 is 1.72 bits per heavy atom. The lowest BCUT2D eigenvalue weighted by atomic mass is 9.78. The molecule has 2 aromatic rings. The Hall–Kier alpha value is -2.00. The van der Waals surface area contributed by atoms with Crippen molar-refractivity contribution in [1.29, 1.82) is 5.41 Å². The number of phenols is 1. The highest BCUT2D eigenvalue weighted by Gasteiger charge is 2.22. The highest BCUT2D eigenvalue weighted by atomic mass is 35.5. The first-order valence-corrected chi connectivity index (χ1v) is 8.71. The van der Waals surface area contributed by atoms with Crippen LogP contribution in [0.15, 0.2) is 48.5 Å². The van der Waals surface area contributed by atoms with E-state index in [9.17, 15) is 5.11 Å². The summed E-state index contributed by atoms with van der Waals surface area (Å²) in [5, 5.41) is 17.4. The molecule has 2 aromatic carbocycles. The van der Waals surface area contributed by atoms with Gasteiger partial charge in [0.1, 0.15) is 5.75 Å². The summed E-state index contributed by atoms with van der Waals surface area (Å²) in [6.07, 6.45) is 2.08. The topological polar surface area (TPSA) is 53.3 Å². The van der Waals surface area contributed by atoms with Crippen LogP contribution in [0.3, 0.4) is 0 Å². The van der Waals surface area contributed by atoms with E-state index < -0.39 is 0 Å². The fourth-order valence-corrected chi connectivity index (χ4v) is 3.34. The molecule has 136 valence electrons. The van der Waals surface area contributed by atoms with Crippen molar-refractivity contribution in [2.75, 3.05) is 6.61 Å². The molecular weight excluding hydrogens is 334 g/mol. The summed E-state index contributed by atoms with van der Waals surface area (Å²) in [6, 6.07) is 15.7. The zero-order chi connectivity index (χ0) is 17.5. The maximum absolute atomic E-state index is 9.52. The smallest absolute Gasteiger partial charge is 0.213 e. The molecule has 2 atom stereocenters. The van der Waals surface area contributed by atoms with E-state index >= 15 is 0 Å². The van der Waals surface area contributed by atoms with Gasteiger partial charge in [-0.05, 0) is 67.0 Å². The van der Waals surface area contributed by atoms with Crippen molar-refractivity contribution in [2.45, 2.75) is 45.4 Å².